The number of rotatable bonds is 8. The molecule has 2 aromatic carbocycles. The van der Waals surface area contributed by atoms with E-state index in [1.54, 1.807) is 34.1 Å². The van der Waals surface area contributed by atoms with Crippen LogP contribution >= 0.6 is 23.2 Å². The Morgan fingerprint density at radius 2 is 1.85 bits per heavy atom. The van der Waals surface area contributed by atoms with Gasteiger partial charge in [-0.2, -0.15) is 0 Å². The average Bonchev–Trinajstić information content (AvgIpc) is 2.82. The van der Waals surface area contributed by atoms with Gasteiger partial charge in [0.05, 0.1) is 0 Å². The molecule has 2 atom stereocenters. The van der Waals surface area contributed by atoms with Gasteiger partial charge in [0.2, 0.25) is 11.8 Å². The molecule has 2 aromatic rings. The molecule has 0 aromatic heterocycles. The molecule has 34 heavy (non-hydrogen) atoms. The standard InChI is InChI=1S/C25H30Cl2N4O3/c1-18-17-30(13-14-31(18)25(34)28-21-10-5-9-20(27)16-21)24(33)22(29-23(32)11-6-12-26)15-19-7-3-2-4-8-19/h2-5,7-10,16,18,22H,6,11-15,17H2,1H3,(H,28,34)(H,29,32)/t18-,22-/m0/s1. The zero-order valence-corrected chi connectivity index (χ0v) is 20.7. The molecule has 0 aliphatic carbocycles. The molecule has 0 bridgehead atoms. The van der Waals surface area contributed by atoms with E-state index >= 15 is 0 Å². The number of piperazine rings is 1. The largest absolute Gasteiger partial charge is 0.344 e. The molecule has 3 rings (SSSR count). The van der Waals surface area contributed by atoms with Gasteiger partial charge in [-0.15, -0.1) is 11.6 Å². The van der Waals surface area contributed by atoms with E-state index in [-0.39, 0.29) is 30.3 Å². The third-order valence-corrected chi connectivity index (χ3v) is 6.23. The number of anilines is 1. The van der Waals surface area contributed by atoms with Gasteiger partial charge in [-0.05, 0) is 37.1 Å². The van der Waals surface area contributed by atoms with Crippen LogP contribution < -0.4 is 10.6 Å². The van der Waals surface area contributed by atoms with Gasteiger partial charge in [-0.3, -0.25) is 9.59 Å². The van der Waals surface area contributed by atoms with Crippen molar-refractivity contribution in [2.75, 3.05) is 30.8 Å². The van der Waals surface area contributed by atoms with Gasteiger partial charge in [-0.25, -0.2) is 4.79 Å². The Morgan fingerprint density at radius 1 is 1.09 bits per heavy atom. The van der Waals surface area contributed by atoms with Gasteiger partial charge in [0.25, 0.3) is 0 Å². The van der Waals surface area contributed by atoms with Crippen molar-refractivity contribution >= 4 is 46.7 Å². The fraction of sp³-hybridized carbons (Fsp3) is 0.400. The molecule has 2 N–H and O–H groups in total. The van der Waals surface area contributed by atoms with Gasteiger partial charge in [-0.1, -0.05) is 48.0 Å². The number of benzene rings is 2. The summed E-state index contributed by atoms with van der Waals surface area (Å²) < 4.78 is 0. The van der Waals surface area contributed by atoms with E-state index in [2.05, 4.69) is 10.6 Å². The highest BCUT2D eigenvalue weighted by Gasteiger charge is 2.33. The normalized spacial score (nSPS) is 16.6. The zero-order chi connectivity index (χ0) is 24.5. The minimum Gasteiger partial charge on any atom is -0.344 e. The van der Waals surface area contributed by atoms with Crippen LogP contribution in [0, 0.1) is 0 Å². The molecule has 7 nitrogen and oxygen atoms in total. The Labute approximate surface area is 210 Å². The summed E-state index contributed by atoms with van der Waals surface area (Å²) in [6, 6.07) is 15.5. The summed E-state index contributed by atoms with van der Waals surface area (Å²) in [4.78, 5) is 42.0. The van der Waals surface area contributed by atoms with Gasteiger partial charge in [0.1, 0.15) is 6.04 Å². The first kappa shape index (κ1) is 25.8. The van der Waals surface area contributed by atoms with Crippen molar-refractivity contribution < 1.29 is 14.4 Å². The number of carbonyl (C=O) groups is 3. The number of alkyl halides is 1. The van der Waals surface area contributed by atoms with Crippen molar-refractivity contribution in [2.45, 2.75) is 38.3 Å². The van der Waals surface area contributed by atoms with E-state index in [9.17, 15) is 14.4 Å². The topological polar surface area (TPSA) is 81.8 Å². The predicted octanol–water partition coefficient (Wildman–Crippen LogP) is 4.15. The smallest absolute Gasteiger partial charge is 0.322 e. The van der Waals surface area contributed by atoms with Crippen LogP contribution in [-0.4, -0.2) is 65.2 Å². The summed E-state index contributed by atoms with van der Waals surface area (Å²) in [5.41, 5.74) is 1.58. The van der Waals surface area contributed by atoms with Crippen LogP contribution in [0.2, 0.25) is 5.02 Å². The summed E-state index contributed by atoms with van der Waals surface area (Å²) in [6.07, 6.45) is 1.23. The lowest BCUT2D eigenvalue weighted by Crippen LogP contribution is -2.60. The highest BCUT2D eigenvalue weighted by atomic mass is 35.5. The van der Waals surface area contributed by atoms with Gasteiger partial charge in [0.15, 0.2) is 0 Å². The van der Waals surface area contributed by atoms with Crippen molar-refractivity contribution in [1.82, 2.24) is 15.1 Å². The minimum atomic E-state index is -0.677. The molecule has 0 unspecified atom stereocenters. The molecule has 1 aliphatic heterocycles. The van der Waals surface area contributed by atoms with Crippen LogP contribution in [0.15, 0.2) is 54.6 Å². The van der Waals surface area contributed by atoms with E-state index in [1.807, 2.05) is 37.3 Å². The molecule has 0 saturated carbocycles. The first-order valence-electron chi connectivity index (χ1n) is 11.4. The van der Waals surface area contributed by atoms with Crippen LogP contribution in [0.25, 0.3) is 0 Å². The van der Waals surface area contributed by atoms with Gasteiger partial charge >= 0.3 is 6.03 Å². The number of urea groups is 1. The minimum absolute atomic E-state index is 0.148. The Bertz CT molecular complexity index is 989. The lowest BCUT2D eigenvalue weighted by atomic mass is 10.0. The molecular weight excluding hydrogens is 475 g/mol. The molecule has 1 saturated heterocycles. The number of carbonyl (C=O) groups excluding carboxylic acids is 3. The summed E-state index contributed by atoms with van der Waals surface area (Å²) >= 11 is 11.7. The number of nitrogens with one attached hydrogen (secondary N) is 2. The lowest BCUT2D eigenvalue weighted by molar-refractivity contribution is -0.138. The van der Waals surface area contributed by atoms with Crippen molar-refractivity contribution in [3.8, 4) is 0 Å². The van der Waals surface area contributed by atoms with Crippen LogP contribution in [0.1, 0.15) is 25.3 Å². The van der Waals surface area contributed by atoms with Crippen LogP contribution in [0.4, 0.5) is 10.5 Å². The average molecular weight is 505 g/mol. The number of nitrogens with zero attached hydrogens (tertiary/aromatic N) is 2. The maximum absolute atomic E-state index is 13.4. The first-order valence-corrected chi connectivity index (χ1v) is 12.3. The Balaban J connectivity index is 1.64. The molecule has 0 spiro atoms. The van der Waals surface area contributed by atoms with Gasteiger partial charge < -0.3 is 20.4 Å². The lowest BCUT2D eigenvalue weighted by Gasteiger charge is -2.41. The third-order valence-electron chi connectivity index (χ3n) is 5.73. The Hall–Kier alpha value is -2.77. The quantitative estimate of drug-likeness (QED) is 0.529. The maximum Gasteiger partial charge on any atom is 0.322 e. The number of hydrogen-bond acceptors (Lipinski definition) is 3. The van der Waals surface area contributed by atoms with Crippen LogP contribution in [0.3, 0.4) is 0 Å². The van der Waals surface area contributed by atoms with E-state index in [0.717, 1.165) is 5.56 Å². The maximum atomic E-state index is 13.4. The van der Waals surface area contributed by atoms with Crippen molar-refractivity contribution in [3.05, 3.63) is 65.2 Å². The van der Waals surface area contributed by atoms with Crippen molar-refractivity contribution in [1.29, 1.82) is 0 Å². The molecule has 9 heteroatoms. The zero-order valence-electron chi connectivity index (χ0n) is 19.2. The van der Waals surface area contributed by atoms with E-state index < -0.39 is 6.04 Å². The highest BCUT2D eigenvalue weighted by Crippen LogP contribution is 2.18. The molecule has 182 valence electrons. The first-order chi connectivity index (χ1) is 16.4. The molecule has 1 heterocycles. The molecule has 1 fully saturated rings. The molecule has 4 amide bonds. The fourth-order valence-corrected chi connectivity index (χ4v) is 4.31. The second-order valence-corrected chi connectivity index (χ2v) is 9.18. The SMILES string of the molecule is C[C@H]1CN(C(=O)[C@H](Cc2ccccc2)NC(=O)CCCCl)CCN1C(=O)Nc1cccc(Cl)c1. The second kappa shape index (κ2) is 12.6. The Kier molecular flexibility index (Phi) is 9.60. The highest BCUT2D eigenvalue weighted by molar-refractivity contribution is 6.30. The molecule has 0 radical (unpaired) electrons. The van der Waals surface area contributed by atoms with E-state index in [1.165, 1.54) is 0 Å². The number of hydrogen-bond donors (Lipinski definition) is 2. The van der Waals surface area contributed by atoms with Crippen molar-refractivity contribution in [3.63, 3.8) is 0 Å². The predicted molar refractivity (Wildman–Crippen MR) is 135 cm³/mol. The summed E-state index contributed by atoms with van der Waals surface area (Å²) in [6.45, 7) is 3.05. The summed E-state index contributed by atoms with van der Waals surface area (Å²) in [5.74, 6) is 0.0499. The van der Waals surface area contributed by atoms with Crippen LogP contribution in [-0.2, 0) is 16.0 Å². The van der Waals surface area contributed by atoms with Crippen LogP contribution in [0.5, 0.6) is 0 Å². The molecular formula is C25H30Cl2N4O3. The molecule has 1 aliphatic rings. The summed E-state index contributed by atoms with van der Waals surface area (Å²) in [5, 5.41) is 6.29. The Morgan fingerprint density at radius 3 is 2.53 bits per heavy atom. The second-order valence-electron chi connectivity index (χ2n) is 8.37. The van der Waals surface area contributed by atoms with Crippen molar-refractivity contribution in [2.24, 2.45) is 0 Å². The third kappa shape index (κ3) is 7.37. The fourth-order valence-electron chi connectivity index (χ4n) is 3.99. The summed E-state index contributed by atoms with van der Waals surface area (Å²) in [7, 11) is 0. The van der Waals surface area contributed by atoms with Gasteiger partial charge in [0, 0.05) is 55.1 Å². The monoisotopic (exact) mass is 504 g/mol. The number of halogens is 2. The van der Waals surface area contributed by atoms with E-state index in [4.69, 9.17) is 23.2 Å². The van der Waals surface area contributed by atoms with E-state index in [0.29, 0.717) is 49.1 Å². The number of amides is 4.